The predicted octanol–water partition coefficient (Wildman–Crippen LogP) is 3.79. The minimum absolute atomic E-state index is 0.426. The molecule has 2 aromatic rings. The van der Waals surface area contributed by atoms with E-state index in [2.05, 4.69) is 15.9 Å². The first-order valence-corrected chi connectivity index (χ1v) is 6.23. The molecule has 0 fully saturated rings. The summed E-state index contributed by atoms with van der Waals surface area (Å²) in [5, 5.41) is 10.7. The standard InChI is InChI=1S/C14H12BrNO2/c1-10-5-2-3-8-13(10)16(18)14(17)11-6-4-7-12(15)9-11/h2-9,18H,1H3. The molecular weight excluding hydrogens is 294 g/mol. The summed E-state index contributed by atoms with van der Waals surface area (Å²) >= 11 is 3.30. The van der Waals surface area contributed by atoms with Gasteiger partial charge in [-0.1, -0.05) is 40.2 Å². The molecule has 0 bridgehead atoms. The molecule has 3 nitrogen and oxygen atoms in total. The monoisotopic (exact) mass is 305 g/mol. The van der Waals surface area contributed by atoms with Crippen LogP contribution >= 0.6 is 15.9 Å². The first-order chi connectivity index (χ1) is 8.59. The van der Waals surface area contributed by atoms with E-state index in [9.17, 15) is 10.0 Å². The number of benzene rings is 2. The van der Waals surface area contributed by atoms with Crippen LogP contribution in [0, 0.1) is 6.92 Å². The molecule has 2 rings (SSSR count). The lowest BCUT2D eigenvalue weighted by atomic mass is 10.1. The summed E-state index contributed by atoms with van der Waals surface area (Å²) in [6.07, 6.45) is 0. The minimum atomic E-state index is -0.453. The number of amides is 1. The largest absolute Gasteiger partial charge is 0.282 e. The number of hydroxylamine groups is 1. The average molecular weight is 306 g/mol. The smallest absolute Gasteiger partial charge is 0.281 e. The summed E-state index contributed by atoms with van der Waals surface area (Å²) in [6, 6.07) is 14.1. The Morgan fingerprint density at radius 3 is 2.56 bits per heavy atom. The van der Waals surface area contributed by atoms with Gasteiger partial charge >= 0.3 is 0 Å². The number of hydrogen-bond acceptors (Lipinski definition) is 2. The molecule has 0 atom stereocenters. The van der Waals surface area contributed by atoms with Crippen molar-refractivity contribution < 1.29 is 10.0 Å². The van der Waals surface area contributed by atoms with Crippen LogP contribution in [-0.4, -0.2) is 11.1 Å². The van der Waals surface area contributed by atoms with Crippen molar-refractivity contribution in [3.05, 3.63) is 64.1 Å². The molecule has 0 aliphatic carbocycles. The molecule has 0 aromatic heterocycles. The van der Waals surface area contributed by atoms with Gasteiger partial charge in [-0.3, -0.25) is 10.0 Å². The Morgan fingerprint density at radius 1 is 1.17 bits per heavy atom. The van der Waals surface area contributed by atoms with Gasteiger partial charge in [0.25, 0.3) is 5.91 Å². The van der Waals surface area contributed by atoms with Gasteiger partial charge in [0.15, 0.2) is 0 Å². The van der Waals surface area contributed by atoms with Crippen LogP contribution in [-0.2, 0) is 0 Å². The molecule has 1 amide bonds. The molecule has 0 aliphatic rings. The highest BCUT2D eigenvalue weighted by atomic mass is 79.9. The maximum Gasteiger partial charge on any atom is 0.282 e. The lowest BCUT2D eigenvalue weighted by Gasteiger charge is -2.17. The number of carbonyl (C=O) groups excluding carboxylic acids is 1. The van der Waals surface area contributed by atoms with Gasteiger partial charge in [0.1, 0.15) is 0 Å². The fourth-order valence-corrected chi connectivity index (χ4v) is 2.05. The number of halogens is 1. The van der Waals surface area contributed by atoms with Gasteiger partial charge in [0.2, 0.25) is 0 Å². The van der Waals surface area contributed by atoms with Gasteiger partial charge in [0.05, 0.1) is 5.69 Å². The normalized spacial score (nSPS) is 10.2. The molecule has 4 heteroatoms. The molecule has 2 aromatic carbocycles. The van der Waals surface area contributed by atoms with E-state index >= 15 is 0 Å². The first-order valence-electron chi connectivity index (χ1n) is 5.44. The minimum Gasteiger partial charge on any atom is -0.281 e. The Morgan fingerprint density at radius 2 is 1.89 bits per heavy atom. The molecule has 0 aliphatic heterocycles. The van der Waals surface area contributed by atoms with Gasteiger partial charge in [0, 0.05) is 10.0 Å². The van der Waals surface area contributed by atoms with E-state index in [1.807, 2.05) is 25.1 Å². The van der Waals surface area contributed by atoms with Crippen LogP contribution in [0.4, 0.5) is 5.69 Å². The summed E-state index contributed by atoms with van der Waals surface area (Å²) in [6.45, 7) is 1.84. The highest BCUT2D eigenvalue weighted by Gasteiger charge is 2.17. The third-order valence-corrected chi connectivity index (χ3v) is 3.10. The maximum absolute atomic E-state index is 12.1. The van der Waals surface area contributed by atoms with Gasteiger partial charge in [-0.25, -0.2) is 0 Å². The molecular formula is C14H12BrNO2. The lowest BCUT2D eigenvalue weighted by Crippen LogP contribution is -2.27. The molecule has 0 saturated heterocycles. The Balaban J connectivity index is 2.32. The second kappa shape index (κ2) is 5.33. The lowest BCUT2D eigenvalue weighted by molar-refractivity contribution is 0.0854. The van der Waals surface area contributed by atoms with Gasteiger partial charge < -0.3 is 0 Å². The van der Waals surface area contributed by atoms with Gasteiger partial charge in [-0.15, -0.1) is 0 Å². The van der Waals surface area contributed by atoms with Crippen LogP contribution in [0.15, 0.2) is 53.0 Å². The number of carbonyl (C=O) groups is 1. The Hall–Kier alpha value is -1.65. The van der Waals surface area contributed by atoms with Crippen molar-refractivity contribution in [3.8, 4) is 0 Å². The van der Waals surface area contributed by atoms with Crippen molar-refractivity contribution >= 4 is 27.5 Å². The van der Waals surface area contributed by atoms with E-state index in [0.29, 0.717) is 16.3 Å². The molecule has 0 heterocycles. The molecule has 1 N–H and O–H groups in total. The average Bonchev–Trinajstić information content (AvgIpc) is 2.37. The van der Waals surface area contributed by atoms with Crippen molar-refractivity contribution in [2.45, 2.75) is 6.92 Å². The maximum atomic E-state index is 12.1. The van der Waals surface area contributed by atoms with Gasteiger partial charge in [-0.05, 0) is 36.8 Å². The number of anilines is 1. The first kappa shape index (κ1) is 12.8. The number of para-hydroxylation sites is 1. The third-order valence-electron chi connectivity index (χ3n) is 2.61. The number of nitrogens with zero attached hydrogens (tertiary/aromatic N) is 1. The number of aryl methyl sites for hydroxylation is 1. The predicted molar refractivity (Wildman–Crippen MR) is 73.9 cm³/mol. The highest BCUT2D eigenvalue weighted by molar-refractivity contribution is 9.10. The molecule has 0 unspecified atom stereocenters. The van der Waals surface area contributed by atoms with E-state index in [-0.39, 0.29) is 0 Å². The molecule has 0 radical (unpaired) electrons. The van der Waals surface area contributed by atoms with E-state index in [0.717, 1.165) is 10.0 Å². The summed E-state index contributed by atoms with van der Waals surface area (Å²) < 4.78 is 0.798. The molecule has 0 saturated carbocycles. The number of hydrogen-bond donors (Lipinski definition) is 1. The molecule has 0 spiro atoms. The van der Waals surface area contributed by atoms with Crippen LogP contribution in [0.1, 0.15) is 15.9 Å². The van der Waals surface area contributed by atoms with E-state index in [1.54, 1.807) is 30.3 Å². The summed E-state index contributed by atoms with van der Waals surface area (Å²) in [5.74, 6) is -0.453. The van der Waals surface area contributed by atoms with Crippen molar-refractivity contribution in [2.24, 2.45) is 0 Å². The number of rotatable bonds is 2. The van der Waals surface area contributed by atoms with E-state index in [4.69, 9.17) is 0 Å². The molecule has 92 valence electrons. The zero-order chi connectivity index (χ0) is 13.1. The fraction of sp³-hybridized carbons (Fsp3) is 0.0714. The van der Waals surface area contributed by atoms with E-state index < -0.39 is 5.91 Å². The Kier molecular flexibility index (Phi) is 3.79. The van der Waals surface area contributed by atoms with Crippen molar-refractivity contribution in [1.82, 2.24) is 0 Å². The zero-order valence-electron chi connectivity index (χ0n) is 9.80. The summed E-state index contributed by atoms with van der Waals surface area (Å²) in [4.78, 5) is 12.1. The Bertz CT molecular complexity index is 584. The second-order valence-corrected chi connectivity index (χ2v) is 4.83. The summed E-state index contributed by atoms with van der Waals surface area (Å²) in [7, 11) is 0. The topological polar surface area (TPSA) is 40.5 Å². The van der Waals surface area contributed by atoms with E-state index in [1.165, 1.54) is 0 Å². The van der Waals surface area contributed by atoms with Gasteiger partial charge in [-0.2, -0.15) is 5.06 Å². The zero-order valence-corrected chi connectivity index (χ0v) is 11.4. The van der Waals surface area contributed by atoms with Crippen LogP contribution in [0.2, 0.25) is 0 Å². The van der Waals surface area contributed by atoms with Crippen LogP contribution < -0.4 is 5.06 Å². The second-order valence-electron chi connectivity index (χ2n) is 3.91. The third kappa shape index (κ3) is 2.60. The van der Waals surface area contributed by atoms with Crippen molar-refractivity contribution in [2.75, 3.05) is 5.06 Å². The van der Waals surface area contributed by atoms with Crippen LogP contribution in [0.25, 0.3) is 0 Å². The fourth-order valence-electron chi connectivity index (χ4n) is 1.65. The SMILES string of the molecule is Cc1ccccc1N(O)C(=O)c1cccc(Br)c1. The van der Waals surface area contributed by atoms with Crippen molar-refractivity contribution in [1.29, 1.82) is 0 Å². The molecule has 18 heavy (non-hydrogen) atoms. The summed E-state index contributed by atoms with van der Waals surface area (Å²) in [5.41, 5.74) is 1.75. The Labute approximate surface area is 114 Å². The quantitative estimate of drug-likeness (QED) is 0.677. The van der Waals surface area contributed by atoms with Crippen LogP contribution in [0.5, 0.6) is 0 Å². The highest BCUT2D eigenvalue weighted by Crippen LogP contribution is 2.21. The van der Waals surface area contributed by atoms with Crippen molar-refractivity contribution in [3.63, 3.8) is 0 Å². The van der Waals surface area contributed by atoms with Crippen LogP contribution in [0.3, 0.4) is 0 Å².